The van der Waals surface area contributed by atoms with Gasteiger partial charge in [0, 0.05) is 23.4 Å². The Balaban J connectivity index is 1.89. The van der Waals surface area contributed by atoms with Gasteiger partial charge < -0.3 is 20.1 Å². The van der Waals surface area contributed by atoms with E-state index in [-0.39, 0.29) is 11.5 Å². The van der Waals surface area contributed by atoms with E-state index in [2.05, 4.69) is 15.7 Å². The summed E-state index contributed by atoms with van der Waals surface area (Å²) in [6.45, 7) is 3.04. The minimum absolute atomic E-state index is 0.280. The van der Waals surface area contributed by atoms with E-state index in [4.69, 9.17) is 15.0 Å². The fraction of sp³-hybridized carbons (Fsp3) is 0.360. The number of hydrogen-bond acceptors (Lipinski definition) is 7. The highest BCUT2D eigenvalue weighted by molar-refractivity contribution is 6.05. The summed E-state index contributed by atoms with van der Waals surface area (Å²) in [5.74, 6) is -0.485. The second-order valence-electron chi connectivity index (χ2n) is 7.87. The summed E-state index contributed by atoms with van der Waals surface area (Å²) >= 11 is 0. The van der Waals surface area contributed by atoms with Crippen LogP contribution in [0.15, 0.2) is 47.7 Å². The molecule has 1 fully saturated rings. The van der Waals surface area contributed by atoms with Crippen molar-refractivity contribution in [2.75, 3.05) is 26.1 Å². The molecule has 1 amide bonds. The summed E-state index contributed by atoms with van der Waals surface area (Å²) in [5, 5.41) is 9.84. The van der Waals surface area contributed by atoms with Crippen LogP contribution in [0.2, 0.25) is 0 Å². The third-order valence-electron chi connectivity index (χ3n) is 5.81. The molecule has 1 aliphatic heterocycles. The molecule has 2 aromatic rings. The van der Waals surface area contributed by atoms with Gasteiger partial charge in [0.15, 0.2) is 0 Å². The molecule has 1 saturated heterocycles. The van der Waals surface area contributed by atoms with Crippen molar-refractivity contribution in [3.63, 3.8) is 0 Å². The van der Waals surface area contributed by atoms with Crippen LogP contribution in [-0.2, 0) is 11.2 Å². The Morgan fingerprint density at radius 1 is 1.21 bits per heavy atom. The number of rotatable bonds is 9. The SMILES string of the molecule is CC/C(=C\N=N)c1cc(C(=O)Nc2ccc(C(=O)OC)c(OC)c2)ccc1CC1CCCN1. The number of benzene rings is 2. The zero-order chi connectivity index (χ0) is 23.8. The third kappa shape index (κ3) is 5.84. The number of carbonyl (C=O) groups excluding carboxylic acids is 2. The average Bonchev–Trinajstić information content (AvgIpc) is 3.35. The van der Waals surface area contributed by atoms with Crippen LogP contribution >= 0.6 is 0 Å². The highest BCUT2D eigenvalue weighted by atomic mass is 16.5. The molecule has 1 heterocycles. The van der Waals surface area contributed by atoms with Crippen molar-refractivity contribution in [3.05, 3.63) is 64.9 Å². The van der Waals surface area contributed by atoms with Crippen LogP contribution in [0.4, 0.5) is 5.69 Å². The van der Waals surface area contributed by atoms with Gasteiger partial charge in [0.25, 0.3) is 5.91 Å². The van der Waals surface area contributed by atoms with E-state index in [0.29, 0.717) is 29.5 Å². The molecule has 2 aromatic carbocycles. The van der Waals surface area contributed by atoms with Crippen LogP contribution in [-0.4, -0.2) is 38.7 Å². The number of anilines is 1. The highest BCUT2D eigenvalue weighted by Crippen LogP contribution is 2.28. The molecule has 0 spiro atoms. The molecular formula is C25H30N4O4. The first-order valence-corrected chi connectivity index (χ1v) is 11.0. The molecule has 1 aliphatic rings. The Hall–Kier alpha value is -3.52. The van der Waals surface area contributed by atoms with Gasteiger partial charge in [-0.05, 0) is 73.2 Å². The predicted octanol–water partition coefficient (Wildman–Crippen LogP) is 4.81. The quantitative estimate of drug-likeness (QED) is 0.375. The van der Waals surface area contributed by atoms with Gasteiger partial charge in [-0.3, -0.25) is 4.79 Å². The van der Waals surface area contributed by atoms with Crippen LogP contribution in [0.25, 0.3) is 5.57 Å². The predicted molar refractivity (Wildman–Crippen MR) is 127 cm³/mol. The minimum Gasteiger partial charge on any atom is -0.496 e. The van der Waals surface area contributed by atoms with E-state index in [1.165, 1.54) is 14.2 Å². The van der Waals surface area contributed by atoms with Gasteiger partial charge in [-0.1, -0.05) is 13.0 Å². The smallest absolute Gasteiger partial charge is 0.341 e. The van der Waals surface area contributed by atoms with Crippen LogP contribution in [0.3, 0.4) is 0 Å². The number of hydrogen-bond donors (Lipinski definition) is 3. The molecule has 1 atom stereocenters. The number of carbonyl (C=O) groups is 2. The highest BCUT2D eigenvalue weighted by Gasteiger charge is 2.19. The Kier molecular flexibility index (Phi) is 8.32. The molecule has 0 aromatic heterocycles. The summed E-state index contributed by atoms with van der Waals surface area (Å²) in [6, 6.07) is 10.8. The first-order chi connectivity index (χ1) is 16.0. The van der Waals surface area contributed by atoms with Gasteiger partial charge in [-0.25, -0.2) is 10.3 Å². The number of allylic oxidation sites excluding steroid dienone is 1. The fourth-order valence-electron chi connectivity index (χ4n) is 4.07. The van der Waals surface area contributed by atoms with E-state index >= 15 is 0 Å². The van der Waals surface area contributed by atoms with Crippen molar-refractivity contribution in [2.45, 2.75) is 38.6 Å². The number of nitrogens with zero attached hydrogens (tertiary/aromatic N) is 1. The van der Waals surface area contributed by atoms with Gasteiger partial charge in [-0.2, -0.15) is 5.11 Å². The summed E-state index contributed by atoms with van der Waals surface area (Å²) in [7, 11) is 2.75. The second-order valence-corrected chi connectivity index (χ2v) is 7.87. The summed E-state index contributed by atoms with van der Waals surface area (Å²) in [4.78, 5) is 24.9. The molecule has 0 radical (unpaired) electrons. The van der Waals surface area contributed by atoms with Gasteiger partial charge in [0.1, 0.15) is 11.3 Å². The van der Waals surface area contributed by atoms with Gasteiger partial charge >= 0.3 is 5.97 Å². The number of ether oxygens (including phenoxy) is 2. The van der Waals surface area contributed by atoms with E-state index < -0.39 is 5.97 Å². The van der Waals surface area contributed by atoms with E-state index in [1.807, 2.05) is 25.1 Å². The molecule has 8 nitrogen and oxygen atoms in total. The van der Waals surface area contributed by atoms with E-state index in [0.717, 1.165) is 42.5 Å². The minimum atomic E-state index is -0.514. The molecule has 3 rings (SSSR count). The molecule has 1 unspecified atom stereocenters. The number of methoxy groups -OCH3 is 2. The van der Waals surface area contributed by atoms with Crippen LogP contribution in [0.5, 0.6) is 5.75 Å². The molecular weight excluding hydrogens is 420 g/mol. The largest absolute Gasteiger partial charge is 0.496 e. The third-order valence-corrected chi connectivity index (χ3v) is 5.81. The fourth-order valence-corrected chi connectivity index (χ4v) is 4.07. The number of esters is 1. The normalized spacial score (nSPS) is 15.7. The first-order valence-electron chi connectivity index (χ1n) is 11.0. The first kappa shape index (κ1) is 24.1. The summed E-state index contributed by atoms with van der Waals surface area (Å²) in [5.41, 5.74) is 11.5. The number of amides is 1. The summed E-state index contributed by atoms with van der Waals surface area (Å²) < 4.78 is 10.0. The van der Waals surface area contributed by atoms with Crippen molar-refractivity contribution >= 4 is 23.1 Å². The topological polar surface area (TPSA) is 113 Å². The Labute approximate surface area is 193 Å². The maximum Gasteiger partial charge on any atom is 0.341 e. The number of nitrogens with one attached hydrogen (secondary N) is 3. The molecule has 0 bridgehead atoms. The van der Waals surface area contributed by atoms with Crippen molar-refractivity contribution in [1.29, 1.82) is 5.53 Å². The van der Waals surface area contributed by atoms with Crippen molar-refractivity contribution < 1.29 is 19.1 Å². The summed E-state index contributed by atoms with van der Waals surface area (Å²) in [6.07, 6.45) is 5.39. The zero-order valence-corrected chi connectivity index (χ0v) is 19.2. The molecule has 3 N–H and O–H groups in total. The molecule has 8 heteroatoms. The maximum atomic E-state index is 13.0. The van der Waals surface area contributed by atoms with Crippen LogP contribution in [0.1, 0.15) is 58.0 Å². The molecule has 33 heavy (non-hydrogen) atoms. The average molecular weight is 451 g/mol. The second kappa shape index (κ2) is 11.4. The van der Waals surface area contributed by atoms with Gasteiger partial charge in [0.05, 0.1) is 20.4 Å². The van der Waals surface area contributed by atoms with Crippen molar-refractivity contribution in [1.82, 2.24) is 5.32 Å². The lowest BCUT2D eigenvalue weighted by Crippen LogP contribution is -2.24. The lowest BCUT2D eigenvalue weighted by atomic mass is 9.92. The monoisotopic (exact) mass is 450 g/mol. The molecule has 174 valence electrons. The standard InChI is InChI=1S/C25H30N4O4/c1-4-16(15-28-26)22-13-18(8-7-17(22)12-19-6-5-11-27-19)24(30)29-20-9-10-21(25(31)33-3)23(14-20)32-2/h7-10,13-15,19,26-27H,4-6,11-12H2,1-3H3,(H,29,30)/b16-15+,28-26?. The van der Waals surface area contributed by atoms with E-state index in [1.54, 1.807) is 24.4 Å². The molecule has 0 saturated carbocycles. The van der Waals surface area contributed by atoms with Gasteiger partial charge in [-0.15, -0.1) is 0 Å². The van der Waals surface area contributed by atoms with E-state index in [9.17, 15) is 9.59 Å². The Morgan fingerprint density at radius 3 is 2.67 bits per heavy atom. The zero-order valence-electron chi connectivity index (χ0n) is 19.2. The Morgan fingerprint density at radius 2 is 2.03 bits per heavy atom. The van der Waals surface area contributed by atoms with Crippen molar-refractivity contribution in [3.8, 4) is 5.75 Å². The lowest BCUT2D eigenvalue weighted by molar-refractivity contribution is 0.0597. The van der Waals surface area contributed by atoms with Crippen molar-refractivity contribution in [2.24, 2.45) is 5.11 Å². The lowest BCUT2D eigenvalue weighted by Gasteiger charge is -2.17. The molecule has 0 aliphatic carbocycles. The maximum absolute atomic E-state index is 13.0. The van der Waals surface area contributed by atoms with Crippen LogP contribution < -0.4 is 15.4 Å². The Bertz CT molecular complexity index is 1060. The van der Waals surface area contributed by atoms with Gasteiger partial charge in [0.2, 0.25) is 0 Å². The van der Waals surface area contributed by atoms with Crippen LogP contribution in [0, 0.1) is 5.53 Å².